The second-order valence-corrected chi connectivity index (χ2v) is 4.36. The Bertz CT molecular complexity index is 611. The highest BCUT2D eigenvalue weighted by atomic mass is 16.4. The van der Waals surface area contributed by atoms with E-state index in [-0.39, 0.29) is 5.56 Å². The molecular weight excluding hydrogens is 242 g/mol. The molecule has 0 aliphatic carbocycles. The Labute approximate surface area is 111 Å². The quantitative estimate of drug-likeness (QED) is 0.879. The maximum Gasteiger partial charge on any atom is 0.341 e. The standard InChI is InChI=1S/C14H15N3O2/c1-9-3-4-11(5-10(9)2)6-16-13-12(14(18)19)7-15-8-17-13/h3-5,7-8H,6H2,1-2H3,(H,18,19)(H,15,16,17). The minimum absolute atomic E-state index is 0.0753. The molecule has 0 bridgehead atoms. The largest absolute Gasteiger partial charge is 0.477 e. The van der Waals surface area contributed by atoms with Crippen LogP contribution in [0.1, 0.15) is 27.0 Å². The minimum Gasteiger partial charge on any atom is -0.477 e. The van der Waals surface area contributed by atoms with E-state index >= 15 is 0 Å². The minimum atomic E-state index is -1.04. The number of aromatic carboxylic acids is 1. The van der Waals surface area contributed by atoms with E-state index in [4.69, 9.17) is 5.11 Å². The number of aryl methyl sites for hydroxylation is 2. The summed E-state index contributed by atoms with van der Waals surface area (Å²) in [6, 6.07) is 6.13. The summed E-state index contributed by atoms with van der Waals surface area (Å²) in [5, 5.41) is 12.0. The Kier molecular flexibility index (Phi) is 3.75. The molecule has 19 heavy (non-hydrogen) atoms. The third-order valence-electron chi connectivity index (χ3n) is 2.97. The molecule has 2 rings (SSSR count). The van der Waals surface area contributed by atoms with Crippen LogP contribution in [0.2, 0.25) is 0 Å². The molecule has 0 atom stereocenters. The Hall–Kier alpha value is -2.43. The van der Waals surface area contributed by atoms with Gasteiger partial charge in [-0.2, -0.15) is 0 Å². The van der Waals surface area contributed by atoms with Crippen molar-refractivity contribution in [1.29, 1.82) is 0 Å². The first kappa shape index (κ1) is 13.0. The van der Waals surface area contributed by atoms with Crippen molar-refractivity contribution in [3.05, 3.63) is 53.0 Å². The number of anilines is 1. The average molecular weight is 257 g/mol. The molecular formula is C14H15N3O2. The molecule has 0 fully saturated rings. The maximum absolute atomic E-state index is 11.0. The molecule has 98 valence electrons. The van der Waals surface area contributed by atoms with Crippen LogP contribution in [0.15, 0.2) is 30.7 Å². The van der Waals surface area contributed by atoms with Gasteiger partial charge in [0.1, 0.15) is 17.7 Å². The Balaban J connectivity index is 2.14. The monoisotopic (exact) mass is 257 g/mol. The van der Waals surface area contributed by atoms with Crippen molar-refractivity contribution in [2.24, 2.45) is 0 Å². The molecule has 0 aliphatic heterocycles. The molecule has 1 aromatic heterocycles. The van der Waals surface area contributed by atoms with Crippen molar-refractivity contribution >= 4 is 11.8 Å². The summed E-state index contributed by atoms with van der Waals surface area (Å²) in [5.74, 6) is -0.705. The summed E-state index contributed by atoms with van der Waals surface area (Å²) in [7, 11) is 0. The highest BCUT2D eigenvalue weighted by molar-refractivity contribution is 5.92. The molecule has 2 aromatic rings. The second-order valence-electron chi connectivity index (χ2n) is 4.36. The number of aromatic nitrogens is 2. The van der Waals surface area contributed by atoms with Gasteiger partial charge >= 0.3 is 5.97 Å². The third kappa shape index (κ3) is 3.07. The van der Waals surface area contributed by atoms with Crippen LogP contribution in [0.25, 0.3) is 0 Å². The normalized spacial score (nSPS) is 10.2. The van der Waals surface area contributed by atoms with Gasteiger partial charge in [0.25, 0.3) is 0 Å². The van der Waals surface area contributed by atoms with Gasteiger partial charge in [-0.15, -0.1) is 0 Å². The van der Waals surface area contributed by atoms with E-state index in [2.05, 4.69) is 28.3 Å². The van der Waals surface area contributed by atoms with E-state index in [1.54, 1.807) is 0 Å². The van der Waals surface area contributed by atoms with E-state index in [0.717, 1.165) is 5.56 Å². The maximum atomic E-state index is 11.0. The second kappa shape index (κ2) is 5.48. The number of nitrogens with one attached hydrogen (secondary N) is 1. The van der Waals surface area contributed by atoms with E-state index in [0.29, 0.717) is 12.4 Å². The fourth-order valence-electron chi connectivity index (χ4n) is 1.73. The smallest absolute Gasteiger partial charge is 0.341 e. The molecule has 0 unspecified atom stereocenters. The third-order valence-corrected chi connectivity index (χ3v) is 2.97. The van der Waals surface area contributed by atoms with Crippen LogP contribution in [-0.2, 0) is 6.54 Å². The molecule has 0 radical (unpaired) electrons. The van der Waals surface area contributed by atoms with Gasteiger partial charge in [0.2, 0.25) is 0 Å². The van der Waals surface area contributed by atoms with Crippen LogP contribution < -0.4 is 5.32 Å². The Morgan fingerprint density at radius 1 is 1.32 bits per heavy atom. The predicted molar refractivity (Wildman–Crippen MR) is 72.2 cm³/mol. The van der Waals surface area contributed by atoms with Crippen LogP contribution in [0.4, 0.5) is 5.82 Å². The van der Waals surface area contributed by atoms with Crippen LogP contribution in [0, 0.1) is 13.8 Å². The first-order valence-electron chi connectivity index (χ1n) is 5.91. The molecule has 0 amide bonds. The molecule has 5 heteroatoms. The number of rotatable bonds is 4. The molecule has 1 heterocycles. The van der Waals surface area contributed by atoms with E-state index < -0.39 is 5.97 Å². The highest BCUT2D eigenvalue weighted by Crippen LogP contribution is 2.14. The van der Waals surface area contributed by atoms with E-state index in [1.165, 1.54) is 23.7 Å². The Morgan fingerprint density at radius 2 is 2.11 bits per heavy atom. The summed E-state index contributed by atoms with van der Waals surface area (Å²) >= 11 is 0. The van der Waals surface area contributed by atoms with Gasteiger partial charge in [0, 0.05) is 12.7 Å². The molecule has 2 N–H and O–H groups in total. The zero-order valence-electron chi connectivity index (χ0n) is 10.8. The SMILES string of the molecule is Cc1ccc(CNc2ncncc2C(=O)O)cc1C. The van der Waals surface area contributed by atoms with Crippen LogP contribution in [0.5, 0.6) is 0 Å². The van der Waals surface area contributed by atoms with Gasteiger partial charge in [-0.05, 0) is 30.5 Å². The van der Waals surface area contributed by atoms with Gasteiger partial charge in [-0.25, -0.2) is 14.8 Å². The number of carboxylic acids is 1. The lowest BCUT2D eigenvalue weighted by atomic mass is 10.1. The number of carboxylic acid groups (broad SMARTS) is 1. The number of hydrogen-bond acceptors (Lipinski definition) is 4. The summed E-state index contributed by atoms with van der Waals surface area (Å²) in [6.45, 7) is 4.63. The van der Waals surface area contributed by atoms with Crippen molar-refractivity contribution in [1.82, 2.24) is 9.97 Å². The first-order chi connectivity index (χ1) is 9.08. The summed E-state index contributed by atoms with van der Waals surface area (Å²) in [6.07, 6.45) is 2.62. The van der Waals surface area contributed by atoms with E-state index in [9.17, 15) is 4.79 Å². The lowest BCUT2D eigenvalue weighted by Crippen LogP contribution is -2.09. The molecule has 0 aliphatic rings. The topological polar surface area (TPSA) is 75.1 Å². The van der Waals surface area contributed by atoms with Crippen molar-refractivity contribution in [3.8, 4) is 0 Å². The molecule has 5 nitrogen and oxygen atoms in total. The average Bonchev–Trinajstić information content (AvgIpc) is 2.40. The van der Waals surface area contributed by atoms with Gasteiger partial charge in [0.15, 0.2) is 0 Å². The number of hydrogen-bond donors (Lipinski definition) is 2. The lowest BCUT2D eigenvalue weighted by Gasteiger charge is -2.09. The van der Waals surface area contributed by atoms with Crippen molar-refractivity contribution < 1.29 is 9.90 Å². The number of benzene rings is 1. The highest BCUT2D eigenvalue weighted by Gasteiger charge is 2.10. The zero-order chi connectivity index (χ0) is 13.8. The van der Waals surface area contributed by atoms with Crippen LogP contribution >= 0.6 is 0 Å². The molecule has 0 saturated heterocycles. The van der Waals surface area contributed by atoms with Crippen molar-refractivity contribution in [2.75, 3.05) is 5.32 Å². The van der Waals surface area contributed by atoms with Crippen LogP contribution in [0.3, 0.4) is 0 Å². The fourth-order valence-corrected chi connectivity index (χ4v) is 1.73. The van der Waals surface area contributed by atoms with Gasteiger partial charge in [-0.3, -0.25) is 0 Å². The van der Waals surface area contributed by atoms with Gasteiger partial charge in [0.05, 0.1) is 0 Å². The predicted octanol–water partition coefficient (Wildman–Crippen LogP) is 2.40. The molecule has 1 aromatic carbocycles. The number of nitrogens with zero attached hydrogens (tertiary/aromatic N) is 2. The van der Waals surface area contributed by atoms with Crippen molar-refractivity contribution in [3.63, 3.8) is 0 Å². The van der Waals surface area contributed by atoms with Crippen LogP contribution in [-0.4, -0.2) is 21.0 Å². The summed E-state index contributed by atoms with van der Waals surface area (Å²) in [5.41, 5.74) is 3.60. The van der Waals surface area contributed by atoms with Gasteiger partial charge < -0.3 is 10.4 Å². The molecule has 0 saturated carbocycles. The zero-order valence-corrected chi connectivity index (χ0v) is 10.8. The number of carbonyl (C=O) groups is 1. The van der Waals surface area contributed by atoms with E-state index in [1.807, 2.05) is 19.1 Å². The van der Waals surface area contributed by atoms with Gasteiger partial charge in [-0.1, -0.05) is 18.2 Å². The summed E-state index contributed by atoms with van der Waals surface area (Å²) < 4.78 is 0. The first-order valence-corrected chi connectivity index (χ1v) is 5.91. The fraction of sp³-hybridized carbons (Fsp3) is 0.214. The Morgan fingerprint density at radius 3 is 2.79 bits per heavy atom. The lowest BCUT2D eigenvalue weighted by molar-refractivity contribution is 0.0697. The summed E-state index contributed by atoms with van der Waals surface area (Å²) in [4.78, 5) is 18.7. The van der Waals surface area contributed by atoms with Crippen molar-refractivity contribution in [2.45, 2.75) is 20.4 Å². The molecule has 0 spiro atoms.